The maximum atomic E-state index is 12.3. The van der Waals surface area contributed by atoms with Gasteiger partial charge >= 0.3 is 0 Å². The van der Waals surface area contributed by atoms with Gasteiger partial charge in [-0.3, -0.25) is 0 Å². The quantitative estimate of drug-likeness (QED) is 0.784. The number of aryl methyl sites for hydroxylation is 2. The van der Waals surface area contributed by atoms with Gasteiger partial charge in [0.25, 0.3) is 10.0 Å². The zero-order valence-electron chi connectivity index (χ0n) is 15.2. The summed E-state index contributed by atoms with van der Waals surface area (Å²) < 4.78 is 28.6. The molecule has 0 spiro atoms. The third-order valence-electron chi connectivity index (χ3n) is 5.74. The molecule has 7 nitrogen and oxygen atoms in total. The Hall–Kier alpha value is -2.48. The van der Waals surface area contributed by atoms with Gasteiger partial charge < -0.3 is 9.80 Å². The Balaban J connectivity index is 1.33. The molecule has 0 atom stereocenters. The van der Waals surface area contributed by atoms with E-state index in [9.17, 15) is 8.42 Å². The molecule has 1 aromatic heterocycles. The van der Waals surface area contributed by atoms with Gasteiger partial charge in [-0.15, -0.1) is 9.50 Å². The van der Waals surface area contributed by atoms with Crippen molar-refractivity contribution >= 4 is 21.7 Å². The van der Waals surface area contributed by atoms with E-state index in [-0.39, 0.29) is 6.04 Å². The molecule has 2 aliphatic heterocycles. The zero-order valence-corrected chi connectivity index (χ0v) is 16.0. The van der Waals surface area contributed by atoms with E-state index in [2.05, 4.69) is 25.6 Å². The second-order valence-electron chi connectivity index (χ2n) is 7.44. The zero-order chi connectivity index (χ0) is 18.6. The summed E-state index contributed by atoms with van der Waals surface area (Å²) in [6.07, 6.45) is 4.53. The minimum Gasteiger partial charge on any atom is -0.352 e. The highest BCUT2D eigenvalue weighted by molar-refractivity contribution is 7.90. The molecule has 1 fully saturated rings. The van der Waals surface area contributed by atoms with Crippen molar-refractivity contribution in [3.8, 4) is 0 Å². The largest absolute Gasteiger partial charge is 0.352 e. The second-order valence-corrected chi connectivity index (χ2v) is 9.01. The number of nitrogens with zero attached hydrogens (tertiary/aromatic N) is 5. The minimum atomic E-state index is -3.58. The van der Waals surface area contributed by atoms with Gasteiger partial charge in [0.1, 0.15) is 4.90 Å². The van der Waals surface area contributed by atoms with E-state index in [1.807, 2.05) is 24.1 Å². The Morgan fingerprint density at radius 1 is 1.11 bits per heavy atom. The molecular formula is C19H21N5O2S. The number of rotatable bonds is 2. The number of aromatic nitrogens is 2. The lowest BCUT2D eigenvalue weighted by Gasteiger charge is -2.45. The molecule has 3 heterocycles. The number of sulfonamides is 1. The smallest absolute Gasteiger partial charge is 0.285 e. The maximum absolute atomic E-state index is 12.3. The van der Waals surface area contributed by atoms with Crippen LogP contribution in [0.5, 0.6) is 0 Å². The van der Waals surface area contributed by atoms with Crippen LogP contribution in [-0.4, -0.2) is 55.5 Å². The Labute approximate surface area is 158 Å². The molecule has 0 saturated carbocycles. The number of hydrogen-bond acceptors (Lipinski definition) is 6. The molecule has 0 amide bonds. The van der Waals surface area contributed by atoms with Crippen LogP contribution in [0.1, 0.15) is 29.7 Å². The Morgan fingerprint density at radius 2 is 1.89 bits per heavy atom. The number of fused-ring (bicyclic) bond motifs is 2. The molecule has 2 aromatic rings. The van der Waals surface area contributed by atoms with E-state index in [1.54, 1.807) is 12.1 Å². The van der Waals surface area contributed by atoms with Crippen molar-refractivity contribution in [2.45, 2.75) is 36.6 Å². The van der Waals surface area contributed by atoms with Crippen LogP contribution >= 0.6 is 0 Å². The van der Waals surface area contributed by atoms with E-state index in [4.69, 9.17) is 0 Å². The topological polar surface area (TPSA) is 78.8 Å². The van der Waals surface area contributed by atoms with Gasteiger partial charge in [0.15, 0.2) is 11.7 Å². The van der Waals surface area contributed by atoms with Gasteiger partial charge in [0.2, 0.25) is 0 Å². The highest BCUT2D eigenvalue weighted by Gasteiger charge is 2.37. The van der Waals surface area contributed by atoms with Crippen molar-refractivity contribution in [3.05, 3.63) is 47.2 Å². The fourth-order valence-corrected chi connectivity index (χ4v) is 5.28. The van der Waals surface area contributed by atoms with Crippen molar-refractivity contribution in [1.82, 2.24) is 15.1 Å². The molecule has 8 heteroatoms. The predicted molar refractivity (Wildman–Crippen MR) is 103 cm³/mol. The van der Waals surface area contributed by atoms with Crippen molar-refractivity contribution in [2.24, 2.45) is 4.40 Å². The summed E-state index contributed by atoms with van der Waals surface area (Å²) in [5.41, 5.74) is 3.15. The summed E-state index contributed by atoms with van der Waals surface area (Å²) in [4.78, 5) is 4.47. The number of amidine groups is 1. The number of anilines is 1. The number of benzene rings is 1. The average Bonchev–Trinajstić information content (AvgIpc) is 2.92. The monoisotopic (exact) mass is 383 g/mol. The molecule has 0 radical (unpaired) electrons. The van der Waals surface area contributed by atoms with Crippen molar-refractivity contribution in [2.75, 3.05) is 25.0 Å². The van der Waals surface area contributed by atoms with E-state index < -0.39 is 10.0 Å². The normalized spacial score (nSPS) is 20.5. The molecule has 1 aliphatic carbocycles. The Morgan fingerprint density at radius 3 is 2.74 bits per heavy atom. The molecule has 5 rings (SSSR count). The van der Waals surface area contributed by atoms with Crippen LogP contribution in [-0.2, 0) is 22.9 Å². The molecule has 3 aliphatic rings. The van der Waals surface area contributed by atoms with E-state index in [0.29, 0.717) is 16.3 Å². The molecule has 140 valence electrons. The van der Waals surface area contributed by atoms with Crippen LogP contribution in [0.15, 0.2) is 39.6 Å². The second kappa shape index (κ2) is 6.02. The van der Waals surface area contributed by atoms with Crippen LogP contribution in [0.3, 0.4) is 0 Å². The molecule has 1 aromatic carbocycles. The summed E-state index contributed by atoms with van der Waals surface area (Å²) in [6.45, 7) is 1.57. The molecule has 0 unspecified atom stereocenters. The fourth-order valence-electron chi connectivity index (χ4n) is 4.04. The lowest BCUT2D eigenvalue weighted by atomic mass is 9.96. The number of likely N-dealkylation sites (N-methyl/N-ethyl adjacent to an activating group) is 1. The number of hydrogen-bond donors (Lipinski definition) is 0. The van der Waals surface area contributed by atoms with Crippen molar-refractivity contribution in [3.63, 3.8) is 0 Å². The van der Waals surface area contributed by atoms with Gasteiger partial charge in [-0.2, -0.15) is 13.5 Å². The summed E-state index contributed by atoms with van der Waals surface area (Å²) >= 11 is 0. The molecule has 1 saturated heterocycles. The van der Waals surface area contributed by atoms with Crippen LogP contribution in [0.25, 0.3) is 0 Å². The van der Waals surface area contributed by atoms with Gasteiger partial charge in [-0.25, -0.2) is 0 Å². The standard InChI is InChI=1S/C19H21N5O2S/c1-23(19-15-7-3-5-9-17(15)27(25,26)22-19)14-11-24(12-14)18-10-13-6-2-4-8-16(13)20-21-18/h3,5,7,9-10,14H,2,4,6,8,11-12H2,1H3. The highest BCUT2D eigenvalue weighted by Crippen LogP contribution is 2.30. The van der Waals surface area contributed by atoms with Crippen molar-refractivity contribution in [1.29, 1.82) is 0 Å². The van der Waals surface area contributed by atoms with Crippen LogP contribution in [0.4, 0.5) is 5.82 Å². The van der Waals surface area contributed by atoms with E-state index >= 15 is 0 Å². The summed E-state index contributed by atoms with van der Waals surface area (Å²) in [5.74, 6) is 1.45. The van der Waals surface area contributed by atoms with Crippen molar-refractivity contribution < 1.29 is 8.42 Å². The van der Waals surface area contributed by atoms with E-state index in [0.717, 1.165) is 37.4 Å². The van der Waals surface area contributed by atoms with E-state index in [1.165, 1.54) is 18.4 Å². The highest BCUT2D eigenvalue weighted by atomic mass is 32.2. The van der Waals surface area contributed by atoms with Crippen LogP contribution in [0, 0.1) is 0 Å². The SMILES string of the molecule is CN(C1=NS(=O)(=O)c2ccccc21)C1CN(c2cc3c(nn2)CCCC3)C1. The first kappa shape index (κ1) is 16.7. The average molecular weight is 383 g/mol. The molecule has 0 N–H and O–H groups in total. The molecular weight excluding hydrogens is 362 g/mol. The fraction of sp³-hybridized carbons (Fsp3) is 0.421. The van der Waals surface area contributed by atoms with Gasteiger partial charge in [0, 0.05) is 25.7 Å². The van der Waals surface area contributed by atoms with Crippen LogP contribution < -0.4 is 4.90 Å². The minimum absolute atomic E-state index is 0.197. The first-order valence-corrected chi connectivity index (χ1v) is 10.7. The Bertz CT molecular complexity index is 1040. The van der Waals surface area contributed by atoms with Gasteiger partial charge in [0.05, 0.1) is 11.7 Å². The third-order valence-corrected chi connectivity index (χ3v) is 7.06. The lowest BCUT2D eigenvalue weighted by molar-refractivity contribution is 0.303. The predicted octanol–water partition coefficient (Wildman–Crippen LogP) is 1.62. The van der Waals surface area contributed by atoms with Gasteiger partial charge in [-0.1, -0.05) is 12.1 Å². The first-order chi connectivity index (χ1) is 13.0. The van der Waals surface area contributed by atoms with Gasteiger partial charge in [-0.05, 0) is 49.4 Å². The Kier molecular flexibility index (Phi) is 3.72. The summed E-state index contributed by atoms with van der Waals surface area (Å²) in [7, 11) is -1.67. The lowest BCUT2D eigenvalue weighted by Crippen LogP contribution is -2.60. The molecule has 0 bridgehead atoms. The molecule has 27 heavy (non-hydrogen) atoms. The summed E-state index contributed by atoms with van der Waals surface area (Å²) in [6, 6.07) is 9.38. The maximum Gasteiger partial charge on any atom is 0.285 e. The van der Waals surface area contributed by atoms with Crippen LogP contribution in [0.2, 0.25) is 0 Å². The first-order valence-electron chi connectivity index (χ1n) is 9.30. The summed E-state index contributed by atoms with van der Waals surface area (Å²) in [5, 5.41) is 8.81. The third kappa shape index (κ3) is 2.70.